The van der Waals surface area contributed by atoms with Crippen LogP contribution in [0.15, 0.2) is 66.7 Å². The van der Waals surface area contributed by atoms with Crippen molar-refractivity contribution in [2.75, 3.05) is 27.7 Å². The number of carbonyl (C=O) groups is 2. The molecule has 0 aromatic heterocycles. The van der Waals surface area contributed by atoms with Crippen molar-refractivity contribution in [3.05, 3.63) is 89.0 Å². The van der Waals surface area contributed by atoms with Crippen molar-refractivity contribution in [2.24, 2.45) is 0 Å². The minimum absolute atomic E-state index is 0.00754. The zero-order valence-corrected chi connectivity index (χ0v) is 22.4. The van der Waals surface area contributed by atoms with Crippen molar-refractivity contribution in [3.8, 4) is 0 Å². The van der Waals surface area contributed by atoms with E-state index < -0.39 is 15.9 Å². The number of carbonyl (C=O) groups excluding carboxylic acids is 2. The summed E-state index contributed by atoms with van der Waals surface area (Å²) in [5, 5.41) is 5.56. The molecule has 3 aromatic carbocycles. The van der Waals surface area contributed by atoms with E-state index in [0.717, 1.165) is 27.3 Å². The predicted octanol–water partition coefficient (Wildman–Crippen LogP) is 5.26. The third-order valence-electron chi connectivity index (χ3n) is 5.60. The lowest BCUT2D eigenvalue weighted by Gasteiger charge is -2.23. The van der Waals surface area contributed by atoms with Gasteiger partial charge in [-0.1, -0.05) is 45.0 Å². The van der Waals surface area contributed by atoms with Gasteiger partial charge in [-0.3, -0.25) is 13.9 Å². The van der Waals surface area contributed by atoms with Crippen LogP contribution in [0.3, 0.4) is 0 Å². The van der Waals surface area contributed by atoms with Gasteiger partial charge in [-0.05, 0) is 78.4 Å². The number of nitrogens with one attached hydrogen (secondary N) is 2. The van der Waals surface area contributed by atoms with E-state index in [2.05, 4.69) is 31.4 Å². The molecule has 0 atom stereocenters. The van der Waals surface area contributed by atoms with Gasteiger partial charge in [-0.15, -0.1) is 0 Å². The highest BCUT2D eigenvalue weighted by atomic mass is 32.2. The van der Waals surface area contributed by atoms with Crippen LogP contribution in [0.2, 0.25) is 0 Å². The van der Waals surface area contributed by atoms with Gasteiger partial charge in [0.2, 0.25) is 15.9 Å². The van der Waals surface area contributed by atoms with Crippen LogP contribution >= 0.6 is 0 Å². The summed E-state index contributed by atoms with van der Waals surface area (Å²) in [4.78, 5) is 25.5. The van der Waals surface area contributed by atoms with E-state index in [-0.39, 0.29) is 17.9 Å². The number of benzene rings is 3. The van der Waals surface area contributed by atoms with Crippen LogP contribution in [0, 0.1) is 13.8 Å². The number of aryl methyl sites for hydroxylation is 2. The summed E-state index contributed by atoms with van der Waals surface area (Å²) in [5.41, 5.74) is 4.82. The molecule has 0 aliphatic heterocycles. The van der Waals surface area contributed by atoms with E-state index in [1.807, 2.05) is 32.0 Å². The standard InChI is InChI=1S/C28H33N3O4S/c1-19-14-20(2)16-25(15-19)31(36(6,34)35)18-26(32)29-23-8-7-9-24(17-23)30-27(33)21-10-12-22(13-11-21)28(3,4)5/h7-17H,18H2,1-6H3,(H,29,32)(H,30,33). The Morgan fingerprint density at radius 1 is 0.833 bits per heavy atom. The smallest absolute Gasteiger partial charge is 0.255 e. The van der Waals surface area contributed by atoms with Gasteiger partial charge < -0.3 is 10.6 Å². The normalized spacial score (nSPS) is 11.6. The summed E-state index contributed by atoms with van der Waals surface area (Å²) < 4.78 is 25.9. The molecule has 190 valence electrons. The van der Waals surface area contributed by atoms with Crippen LogP contribution in [-0.4, -0.2) is 33.0 Å². The first kappa shape index (κ1) is 26.9. The summed E-state index contributed by atoms with van der Waals surface area (Å²) in [7, 11) is -3.69. The van der Waals surface area contributed by atoms with Crippen LogP contribution in [0.1, 0.15) is 47.8 Å². The lowest BCUT2D eigenvalue weighted by molar-refractivity contribution is -0.114. The molecule has 36 heavy (non-hydrogen) atoms. The second kappa shape index (κ2) is 10.5. The highest BCUT2D eigenvalue weighted by Gasteiger charge is 2.21. The van der Waals surface area contributed by atoms with E-state index in [1.54, 1.807) is 48.5 Å². The number of rotatable bonds is 7. The quantitative estimate of drug-likeness (QED) is 0.456. The number of hydrogen-bond donors (Lipinski definition) is 2. The van der Waals surface area contributed by atoms with Crippen molar-refractivity contribution < 1.29 is 18.0 Å². The Balaban J connectivity index is 1.71. The van der Waals surface area contributed by atoms with Crippen molar-refractivity contribution in [2.45, 2.75) is 40.0 Å². The minimum atomic E-state index is -3.69. The third kappa shape index (κ3) is 7.18. The van der Waals surface area contributed by atoms with E-state index in [4.69, 9.17) is 0 Å². The van der Waals surface area contributed by atoms with E-state index in [1.165, 1.54) is 0 Å². The number of sulfonamides is 1. The van der Waals surface area contributed by atoms with Gasteiger partial charge in [-0.2, -0.15) is 0 Å². The van der Waals surface area contributed by atoms with Crippen LogP contribution in [0.5, 0.6) is 0 Å². The predicted molar refractivity (Wildman–Crippen MR) is 146 cm³/mol. The van der Waals surface area contributed by atoms with E-state index in [0.29, 0.717) is 22.6 Å². The Kier molecular flexibility index (Phi) is 7.89. The molecular weight excluding hydrogens is 474 g/mol. The van der Waals surface area contributed by atoms with Crippen LogP contribution < -0.4 is 14.9 Å². The molecule has 0 spiro atoms. The van der Waals surface area contributed by atoms with Gasteiger partial charge in [0.25, 0.3) is 5.91 Å². The second-order valence-electron chi connectivity index (χ2n) is 10.0. The molecule has 8 heteroatoms. The first-order valence-electron chi connectivity index (χ1n) is 11.6. The SMILES string of the molecule is Cc1cc(C)cc(N(CC(=O)Nc2cccc(NC(=O)c3ccc(C(C)(C)C)cc3)c2)S(C)(=O)=O)c1. The van der Waals surface area contributed by atoms with Gasteiger partial charge in [0.05, 0.1) is 11.9 Å². The number of nitrogens with zero attached hydrogens (tertiary/aromatic N) is 1. The molecule has 0 unspecified atom stereocenters. The average Bonchev–Trinajstić information content (AvgIpc) is 2.75. The van der Waals surface area contributed by atoms with Crippen molar-refractivity contribution in [1.82, 2.24) is 0 Å². The maximum Gasteiger partial charge on any atom is 0.255 e. The third-order valence-corrected chi connectivity index (χ3v) is 6.74. The maximum atomic E-state index is 12.8. The average molecular weight is 508 g/mol. The zero-order chi connectivity index (χ0) is 26.7. The molecule has 0 saturated heterocycles. The molecule has 2 amide bonds. The van der Waals surface area contributed by atoms with Crippen LogP contribution in [0.25, 0.3) is 0 Å². The lowest BCUT2D eigenvalue weighted by atomic mass is 9.87. The minimum Gasteiger partial charge on any atom is -0.324 e. The first-order chi connectivity index (χ1) is 16.7. The lowest BCUT2D eigenvalue weighted by Crippen LogP contribution is -2.37. The molecule has 0 aliphatic rings. The molecule has 7 nitrogen and oxygen atoms in total. The Hall–Kier alpha value is -3.65. The fraction of sp³-hybridized carbons (Fsp3) is 0.286. The van der Waals surface area contributed by atoms with Gasteiger partial charge in [0.1, 0.15) is 6.54 Å². The van der Waals surface area contributed by atoms with Crippen LogP contribution in [-0.2, 0) is 20.2 Å². The van der Waals surface area contributed by atoms with Crippen LogP contribution in [0.4, 0.5) is 17.1 Å². The number of amides is 2. The highest BCUT2D eigenvalue weighted by Crippen LogP contribution is 2.24. The fourth-order valence-electron chi connectivity index (χ4n) is 3.83. The summed E-state index contributed by atoms with van der Waals surface area (Å²) in [6.07, 6.45) is 1.07. The van der Waals surface area contributed by atoms with Gasteiger partial charge in [0.15, 0.2) is 0 Å². The molecule has 0 saturated carbocycles. The Morgan fingerprint density at radius 2 is 1.39 bits per heavy atom. The zero-order valence-electron chi connectivity index (χ0n) is 21.5. The molecule has 0 radical (unpaired) electrons. The Bertz CT molecular complexity index is 1350. The van der Waals surface area contributed by atoms with E-state index >= 15 is 0 Å². The molecule has 0 aliphatic carbocycles. The summed E-state index contributed by atoms with van der Waals surface area (Å²) in [5.74, 6) is -0.766. The molecule has 0 heterocycles. The number of anilines is 3. The van der Waals surface area contributed by atoms with Gasteiger partial charge >= 0.3 is 0 Å². The molecule has 2 N–H and O–H groups in total. The first-order valence-corrected chi connectivity index (χ1v) is 13.4. The molecule has 0 bridgehead atoms. The highest BCUT2D eigenvalue weighted by molar-refractivity contribution is 7.92. The van der Waals surface area contributed by atoms with Gasteiger partial charge in [-0.25, -0.2) is 8.42 Å². The molecule has 3 aromatic rings. The molecular formula is C28H33N3O4S. The van der Waals surface area contributed by atoms with Gasteiger partial charge in [0, 0.05) is 16.9 Å². The monoisotopic (exact) mass is 507 g/mol. The topological polar surface area (TPSA) is 95.6 Å². The second-order valence-corrected chi connectivity index (χ2v) is 11.9. The summed E-state index contributed by atoms with van der Waals surface area (Å²) in [6.45, 7) is 9.70. The molecule has 0 fully saturated rings. The maximum absolute atomic E-state index is 12.8. The summed E-state index contributed by atoms with van der Waals surface area (Å²) >= 11 is 0. The van der Waals surface area contributed by atoms with E-state index in [9.17, 15) is 18.0 Å². The molecule has 3 rings (SSSR count). The Morgan fingerprint density at radius 3 is 1.92 bits per heavy atom. The Labute approximate surface area is 213 Å². The number of hydrogen-bond acceptors (Lipinski definition) is 4. The van der Waals surface area contributed by atoms with Crippen molar-refractivity contribution in [3.63, 3.8) is 0 Å². The van der Waals surface area contributed by atoms with Crippen molar-refractivity contribution in [1.29, 1.82) is 0 Å². The van der Waals surface area contributed by atoms with Crippen molar-refractivity contribution >= 4 is 38.9 Å². The summed E-state index contributed by atoms with van der Waals surface area (Å²) in [6, 6.07) is 19.6. The largest absolute Gasteiger partial charge is 0.324 e. The fourth-order valence-corrected chi connectivity index (χ4v) is 4.67.